The molecule has 90 valence electrons. The largest absolute Gasteiger partial charge is 0.389 e. The van der Waals surface area contributed by atoms with Crippen molar-refractivity contribution < 1.29 is 5.11 Å². The van der Waals surface area contributed by atoms with Crippen LogP contribution in [0.25, 0.3) is 0 Å². The van der Waals surface area contributed by atoms with Crippen LogP contribution in [0.3, 0.4) is 0 Å². The lowest BCUT2D eigenvalue weighted by molar-refractivity contribution is -0.0323. The lowest BCUT2D eigenvalue weighted by Crippen LogP contribution is -2.53. The summed E-state index contributed by atoms with van der Waals surface area (Å²) in [7, 11) is 0. The van der Waals surface area contributed by atoms with Gasteiger partial charge in [0.1, 0.15) is 0 Å². The minimum atomic E-state index is -0.495. The summed E-state index contributed by atoms with van der Waals surface area (Å²) in [6.07, 6.45) is 3.55. The number of rotatable bonds is 6. The van der Waals surface area contributed by atoms with Crippen molar-refractivity contribution >= 4 is 0 Å². The second kappa shape index (κ2) is 5.31. The van der Waals surface area contributed by atoms with Crippen LogP contribution in [0.15, 0.2) is 0 Å². The fourth-order valence-corrected chi connectivity index (χ4v) is 2.82. The van der Waals surface area contributed by atoms with Gasteiger partial charge in [-0.2, -0.15) is 0 Å². The maximum Gasteiger partial charge on any atom is 0.0748 e. The Hall–Kier alpha value is -0.0800. The predicted octanol–water partition coefficient (Wildman–Crippen LogP) is 2.52. The first kappa shape index (κ1) is 13.0. The third-order valence-electron chi connectivity index (χ3n) is 3.14. The number of aliphatic hydroxyl groups is 1. The molecule has 1 saturated heterocycles. The van der Waals surface area contributed by atoms with E-state index in [0.717, 1.165) is 18.9 Å². The van der Waals surface area contributed by atoms with Crippen molar-refractivity contribution in [2.75, 3.05) is 19.6 Å². The van der Waals surface area contributed by atoms with Gasteiger partial charge < -0.3 is 5.11 Å². The maximum absolute atomic E-state index is 10.2. The third-order valence-corrected chi connectivity index (χ3v) is 3.14. The summed E-state index contributed by atoms with van der Waals surface area (Å²) in [6.45, 7) is 11.8. The van der Waals surface area contributed by atoms with E-state index in [0.29, 0.717) is 5.92 Å². The Morgan fingerprint density at radius 2 is 2.00 bits per heavy atom. The van der Waals surface area contributed by atoms with E-state index in [1.165, 1.54) is 25.9 Å². The van der Waals surface area contributed by atoms with Crippen molar-refractivity contribution in [3.05, 3.63) is 0 Å². The van der Waals surface area contributed by atoms with Gasteiger partial charge in [0.05, 0.1) is 5.60 Å². The highest BCUT2D eigenvalue weighted by Gasteiger charge is 2.32. The van der Waals surface area contributed by atoms with Crippen LogP contribution in [-0.2, 0) is 0 Å². The summed E-state index contributed by atoms with van der Waals surface area (Å²) >= 11 is 0. The first-order chi connectivity index (χ1) is 6.93. The predicted molar refractivity (Wildman–Crippen MR) is 64.9 cm³/mol. The van der Waals surface area contributed by atoms with E-state index in [2.05, 4.69) is 25.7 Å². The molecule has 1 atom stereocenters. The topological polar surface area (TPSA) is 23.5 Å². The Morgan fingerprint density at radius 3 is 2.47 bits per heavy atom. The molecule has 1 rings (SSSR count). The highest BCUT2D eigenvalue weighted by molar-refractivity contribution is 4.86. The van der Waals surface area contributed by atoms with E-state index in [9.17, 15) is 5.11 Å². The summed E-state index contributed by atoms with van der Waals surface area (Å²) in [4.78, 5) is 2.39. The second-order valence-corrected chi connectivity index (χ2v) is 5.94. The van der Waals surface area contributed by atoms with Crippen molar-refractivity contribution in [3.8, 4) is 0 Å². The van der Waals surface area contributed by atoms with E-state index in [-0.39, 0.29) is 0 Å². The van der Waals surface area contributed by atoms with E-state index in [1.807, 2.05) is 6.92 Å². The Bertz CT molecular complexity index is 183. The van der Waals surface area contributed by atoms with Crippen LogP contribution in [-0.4, -0.2) is 35.2 Å². The fraction of sp³-hybridized carbons (Fsp3) is 1.00. The van der Waals surface area contributed by atoms with Crippen molar-refractivity contribution in [1.29, 1.82) is 0 Å². The molecule has 2 heteroatoms. The van der Waals surface area contributed by atoms with Crippen LogP contribution in [0.2, 0.25) is 0 Å². The summed E-state index contributed by atoms with van der Waals surface area (Å²) in [5.41, 5.74) is -0.495. The van der Waals surface area contributed by atoms with Crippen molar-refractivity contribution in [2.45, 2.75) is 52.6 Å². The van der Waals surface area contributed by atoms with E-state index >= 15 is 0 Å². The van der Waals surface area contributed by atoms with Crippen LogP contribution in [0.1, 0.15) is 47.0 Å². The van der Waals surface area contributed by atoms with Gasteiger partial charge in [0.2, 0.25) is 0 Å². The summed E-state index contributed by atoms with van der Waals surface area (Å²) in [6, 6.07) is 0. The molecule has 0 bridgehead atoms. The normalized spacial score (nSPS) is 22.8. The van der Waals surface area contributed by atoms with Gasteiger partial charge in [-0.05, 0) is 31.6 Å². The smallest absolute Gasteiger partial charge is 0.0748 e. The summed E-state index contributed by atoms with van der Waals surface area (Å²) < 4.78 is 0. The van der Waals surface area contributed by atoms with Gasteiger partial charge in [-0.15, -0.1) is 0 Å². The fourth-order valence-electron chi connectivity index (χ4n) is 2.82. The molecule has 0 amide bonds. The van der Waals surface area contributed by atoms with E-state index < -0.39 is 5.60 Å². The average molecular weight is 213 g/mol. The summed E-state index contributed by atoms with van der Waals surface area (Å²) in [5, 5.41) is 10.2. The monoisotopic (exact) mass is 213 g/mol. The number of hydrogen-bond donors (Lipinski definition) is 1. The third kappa shape index (κ3) is 4.52. The molecule has 0 aromatic heterocycles. The zero-order chi connectivity index (χ0) is 11.5. The SMILES string of the molecule is CCCC1CN(CC(C)(O)CC(C)C)C1. The molecular weight excluding hydrogens is 186 g/mol. The molecule has 1 N–H and O–H groups in total. The number of β-amino-alcohol motifs (C(OH)–C–C–N with tert-alkyl or cyclic N) is 1. The van der Waals surface area contributed by atoms with Gasteiger partial charge in [-0.3, -0.25) is 4.90 Å². The standard InChI is InChI=1S/C13H27NO/c1-5-6-12-8-14(9-12)10-13(4,15)7-11(2)3/h11-12,15H,5-10H2,1-4H3. The van der Waals surface area contributed by atoms with Crippen molar-refractivity contribution in [2.24, 2.45) is 11.8 Å². The van der Waals surface area contributed by atoms with Crippen LogP contribution in [0.5, 0.6) is 0 Å². The van der Waals surface area contributed by atoms with Crippen LogP contribution in [0, 0.1) is 11.8 Å². The van der Waals surface area contributed by atoms with Gasteiger partial charge >= 0.3 is 0 Å². The quantitative estimate of drug-likeness (QED) is 0.733. The molecule has 1 aliphatic rings. The molecule has 1 fully saturated rings. The molecule has 2 nitrogen and oxygen atoms in total. The molecule has 0 radical (unpaired) electrons. The van der Waals surface area contributed by atoms with Gasteiger partial charge in [0.15, 0.2) is 0 Å². The Kier molecular flexibility index (Phi) is 4.60. The molecule has 0 spiro atoms. The minimum absolute atomic E-state index is 0.495. The van der Waals surface area contributed by atoms with E-state index in [1.54, 1.807) is 0 Å². The highest BCUT2D eigenvalue weighted by atomic mass is 16.3. The number of hydrogen-bond acceptors (Lipinski definition) is 2. The van der Waals surface area contributed by atoms with Gasteiger partial charge in [0.25, 0.3) is 0 Å². The minimum Gasteiger partial charge on any atom is -0.389 e. The second-order valence-electron chi connectivity index (χ2n) is 5.94. The summed E-state index contributed by atoms with van der Waals surface area (Å²) in [5.74, 6) is 1.47. The lowest BCUT2D eigenvalue weighted by atomic mass is 9.89. The van der Waals surface area contributed by atoms with Crippen LogP contribution >= 0.6 is 0 Å². The van der Waals surface area contributed by atoms with Gasteiger partial charge in [0, 0.05) is 19.6 Å². The zero-order valence-electron chi connectivity index (χ0n) is 10.8. The first-order valence-corrected chi connectivity index (χ1v) is 6.37. The number of nitrogens with zero attached hydrogens (tertiary/aromatic N) is 1. The van der Waals surface area contributed by atoms with Gasteiger partial charge in [-0.25, -0.2) is 0 Å². The number of likely N-dealkylation sites (tertiary alicyclic amines) is 1. The lowest BCUT2D eigenvalue weighted by Gasteiger charge is -2.43. The van der Waals surface area contributed by atoms with Gasteiger partial charge in [-0.1, -0.05) is 27.2 Å². The maximum atomic E-state index is 10.2. The molecule has 1 aliphatic heterocycles. The molecule has 0 aliphatic carbocycles. The average Bonchev–Trinajstić information content (AvgIpc) is 1.97. The Labute approximate surface area is 94.7 Å². The van der Waals surface area contributed by atoms with Crippen LogP contribution in [0.4, 0.5) is 0 Å². The molecule has 1 unspecified atom stereocenters. The molecule has 1 heterocycles. The molecule has 0 saturated carbocycles. The molecule has 15 heavy (non-hydrogen) atoms. The zero-order valence-corrected chi connectivity index (χ0v) is 10.8. The van der Waals surface area contributed by atoms with Crippen molar-refractivity contribution in [3.63, 3.8) is 0 Å². The Balaban J connectivity index is 2.20. The molecule has 0 aromatic carbocycles. The molecular formula is C13H27NO. The molecule has 0 aromatic rings. The van der Waals surface area contributed by atoms with E-state index in [4.69, 9.17) is 0 Å². The first-order valence-electron chi connectivity index (χ1n) is 6.37. The Morgan fingerprint density at radius 1 is 1.40 bits per heavy atom. The van der Waals surface area contributed by atoms with Crippen LogP contribution < -0.4 is 0 Å². The van der Waals surface area contributed by atoms with Crippen molar-refractivity contribution in [1.82, 2.24) is 4.90 Å². The highest BCUT2D eigenvalue weighted by Crippen LogP contribution is 2.25.